The highest BCUT2D eigenvalue weighted by Crippen LogP contribution is 2.25. The zero-order valence-electron chi connectivity index (χ0n) is 7.54. The first-order valence-corrected chi connectivity index (χ1v) is 4.11. The monoisotopic (exact) mass is 158 g/mol. The van der Waals surface area contributed by atoms with Crippen LogP contribution in [0.3, 0.4) is 0 Å². The highest BCUT2D eigenvalue weighted by atomic mass is 16.3. The van der Waals surface area contributed by atoms with Gasteiger partial charge in [0, 0.05) is 19.1 Å². The lowest BCUT2D eigenvalue weighted by Gasteiger charge is -2.44. The zero-order valence-corrected chi connectivity index (χ0v) is 7.54. The van der Waals surface area contributed by atoms with Crippen LogP contribution < -0.4 is 5.73 Å². The summed E-state index contributed by atoms with van der Waals surface area (Å²) in [6, 6.07) is -0.115. The maximum absolute atomic E-state index is 9.88. The summed E-state index contributed by atoms with van der Waals surface area (Å²) < 4.78 is 0. The molecule has 0 radical (unpaired) electrons. The van der Waals surface area contributed by atoms with Crippen molar-refractivity contribution >= 4 is 0 Å². The molecule has 0 aliphatic carbocycles. The van der Waals surface area contributed by atoms with E-state index in [1.165, 1.54) is 0 Å². The van der Waals surface area contributed by atoms with Crippen LogP contribution in [-0.2, 0) is 0 Å². The Balaban J connectivity index is 2.67. The predicted molar refractivity (Wildman–Crippen MR) is 45.3 cm³/mol. The Hall–Kier alpha value is -0.120. The van der Waals surface area contributed by atoms with Crippen molar-refractivity contribution in [2.24, 2.45) is 11.7 Å². The molecule has 3 heteroatoms. The summed E-state index contributed by atoms with van der Waals surface area (Å²) in [5.41, 5.74) is 5.11. The Labute approximate surface area is 68.2 Å². The molecular weight excluding hydrogens is 140 g/mol. The Kier molecular flexibility index (Phi) is 2.23. The Morgan fingerprint density at radius 1 is 1.55 bits per heavy atom. The highest BCUT2D eigenvalue weighted by molar-refractivity contribution is 4.96. The fourth-order valence-electron chi connectivity index (χ4n) is 1.61. The van der Waals surface area contributed by atoms with Gasteiger partial charge in [0.15, 0.2) is 0 Å². The summed E-state index contributed by atoms with van der Waals surface area (Å²) in [4.78, 5) is 2.16. The minimum absolute atomic E-state index is 0.115. The number of nitrogens with two attached hydrogens (primary N) is 1. The SMILES string of the molecule is CC1CN(C)CC(N)C1(C)O. The van der Waals surface area contributed by atoms with E-state index in [1.54, 1.807) is 0 Å². The fourth-order valence-corrected chi connectivity index (χ4v) is 1.61. The smallest absolute Gasteiger partial charge is 0.0819 e. The number of hydrogen-bond donors (Lipinski definition) is 2. The largest absolute Gasteiger partial charge is 0.388 e. The molecule has 1 heterocycles. The second kappa shape index (κ2) is 2.73. The number of piperidine rings is 1. The summed E-state index contributed by atoms with van der Waals surface area (Å²) in [6.07, 6.45) is 0. The molecule has 3 unspecified atom stereocenters. The summed E-state index contributed by atoms with van der Waals surface area (Å²) in [5.74, 6) is 0.260. The van der Waals surface area contributed by atoms with Gasteiger partial charge in [0.2, 0.25) is 0 Å². The van der Waals surface area contributed by atoms with Crippen molar-refractivity contribution in [1.82, 2.24) is 4.90 Å². The van der Waals surface area contributed by atoms with Crippen molar-refractivity contribution in [3.63, 3.8) is 0 Å². The molecule has 1 rings (SSSR count). The van der Waals surface area contributed by atoms with Crippen molar-refractivity contribution in [3.05, 3.63) is 0 Å². The van der Waals surface area contributed by atoms with E-state index in [9.17, 15) is 5.11 Å². The molecule has 11 heavy (non-hydrogen) atoms. The van der Waals surface area contributed by atoms with Crippen molar-refractivity contribution in [1.29, 1.82) is 0 Å². The van der Waals surface area contributed by atoms with Crippen LogP contribution in [0.2, 0.25) is 0 Å². The van der Waals surface area contributed by atoms with Crippen molar-refractivity contribution in [3.8, 4) is 0 Å². The number of likely N-dealkylation sites (N-methyl/N-ethyl adjacent to an activating group) is 1. The lowest BCUT2D eigenvalue weighted by atomic mass is 9.81. The lowest BCUT2D eigenvalue weighted by Crippen LogP contribution is -2.61. The molecule has 3 atom stereocenters. The van der Waals surface area contributed by atoms with E-state index in [2.05, 4.69) is 4.90 Å². The zero-order chi connectivity index (χ0) is 8.65. The van der Waals surface area contributed by atoms with E-state index in [0.29, 0.717) is 0 Å². The van der Waals surface area contributed by atoms with Gasteiger partial charge in [0.05, 0.1) is 5.60 Å². The molecule has 1 aliphatic rings. The van der Waals surface area contributed by atoms with Crippen LogP contribution in [0.25, 0.3) is 0 Å². The molecule has 0 spiro atoms. The third-order valence-electron chi connectivity index (χ3n) is 2.84. The maximum atomic E-state index is 9.88. The standard InChI is InChI=1S/C8H18N2O/c1-6-4-10(3)5-7(9)8(6,2)11/h6-7,11H,4-5,9H2,1-3H3. The predicted octanol–water partition coefficient (Wildman–Crippen LogP) is -0.354. The molecule has 0 aromatic rings. The van der Waals surface area contributed by atoms with Gasteiger partial charge in [-0.15, -0.1) is 0 Å². The van der Waals surface area contributed by atoms with Crippen LogP contribution in [-0.4, -0.2) is 41.8 Å². The molecule has 3 N–H and O–H groups in total. The van der Waals surface area contributed by atoms with Gasteiger partial charge >= 0.3 is 0 Å². The highest BCUT2D eigenvalue weighted by Gasteiger charge is 2.39. The number of likely N-dealkylation sites (tertiary alicyclic amines) is 1. The van der Waals surface area contributed by atoms with Crippen molar-refractivity contribution < 1.29 is 5.11 Å². The van der Waals surface area contributed by atoms with Crippen LogP contribution in [0.1, 0.15) is 13.8 Å². The molecule has 1 saturated heterocycles. The Morgan fingerprint density at radius 2 is 2.09 bits per heavy atom. The van der Waals surface area contributed by atoms with Gasteiger partial charge in [-0.1, -0.05) is 6.92 Å². The topological polar surface area (TPSA) is 49.5 Å². The van der Waals surface area contributed by atoms with Gasteiger partial charge in [-0.2, -0.15) is 0 Å². The molecule has 1 aliphatic heterocycles. The van der Waals surface area contributed by atoms with Gasteiger partial charge in [0.1, 0.15) is 0 Å². The number of hydrogen-bond acceptors (Lipinski definition) is 3. The van der Waals surface area contributed by atoms with E-state index < -0.39 is 5.60 Å². The van der Waals surface area contributed by atoms with Gasteiger partial charge in [-0.3, -0.25) is 0 Å². The first-order chi connectivity index (χ1) is 4.94. The van der Waals surface area contributed by atoms with E-state index in [0.717, 1.165) is 13.1 Å². The Morgan fingerprint density at radius 3 is 2.55 bits per heavy atom. The molecular formula is C8H18N2O. The van der Waals surface area contributed by atoms with Gasteiger partial charge in [-0.05, 0) is 19.9 Å². The first kappa shape index (κ1) is 8.97. The van der Waals surface area contributed by atoms with Crippen molar-refractivity contribution in [2.45, 2.75) is 25.5 Å². The van der Waals surface area contributed by atoms with Crippen LogP contribution in [0.15, 0.2) is 0 Å². The van der Waals surface area contributed by atoms with Crippen molar-refractivity contribution in [2.75, 3.05) is 20.1 Å². The first-order valence-electron chi connectivity index (χ1n) is 4.11. The minimum atomic E-state index is -0.688. The van der Waals surface area contributed by atoms with E-state index in [4.69, 9.17) is 5.73 Å². The summed E-state index contributed by atoms with van der Waals surface area (Å²) in [6.45, 7) is 5.59. The van der Waals surface area contributed by atoms with E-state index >= 15 is 0 Å². The van der Waals surface area contributed by atoms with Crippen LogP contribution in [0.5, 0.6) is 0 Å². The Bertz CT molecular complexity index is 133. The average molecular weight is 158 g/mol. The van der Waals surface area contributed by atoms with Gasteiger partial charge < -0.3 is 15.7 Å². The molecule has 66 valence electrons. The average Bonchev–Trinajstić information content (AvgIpc) is 1.84. The molecule has 0 bridgehead atoms. The van der Waals surface area contributed by atoms with E-state index in [-0.39, 0.29) is 12.0 Å². The normalized spacial score (nSPS) is 47.7. The maximum Gasteiger partial charge on any atom is 0.0819 e. The number of aliphatic hydroxyl groups is 1. The lowest BCUT2D eigenvalue weighted by molar-refractivity contribution is -0.0612. The van der Waals surface area contributed by atoms with Crippen LogP contribution in [0.4, 0.5) is 0 Å². The molecule has 0 aromatic heterocycles. The van der Waals surface area contributed by atoms with Gasteiger partial charge in [-0.25, -0.2) is 0 Å². The second-order valence-corrected chi connectivity index (χ2v) is 3.95. The van der Waals surface area contributed by atoms with E-state index in [1.807, 2.05) is 20.9 Å². The van der Waals surface area contributed by atoms with Crippen LogP contribution in [0, 0.1) is 5.92 Å². The van der Waals surface area contributed by atoms with Crippen LogP contribution >= 0.6 is 0 Å². The second-order valence-electron chi connectivity index (χ2n) is 3.95. The molecule has 0 aromatic carbocycles. The minimum Gasteiger partial charge on any atom is -0.388 e. The third-order valence-corrected chi connectivity index (χ3v) is 2.84. The molecule has 3 nitrogen and oxygen atoms in total. The number of nitrogens with zero attached hydrogens (tertiary/aromatic N) is 1. The molecule has 1 fully saturated rings. The summed E-state index contributed by atoms with van der Waals surface area (Å²) >= 11 is 0. The molecule has 0 saturated carbocycles. The number of rotatable bonds is 0. The quantitative estimate of drug-likeness (QED) is 0.506. The summed E-state index contributed by atoms with van der Waals surface area (Å²) in [7, 11) is 2.03. The third kappa shape index (κ3) is 1.55. The summed E-state index contributed by atoms with van der Waals surface area (Å²) in [5, 5.41) is 9.88. The molecule has 0 amide bonds. The fraction of sp³-hybridized carbons (Fsp3) is 1.00. The van der Waals surface area contributed by atoms with Gasteiger partial charge in [0.25, 0.3) is 0 Å².